The van der Waals surface area contributed by atoms with E-state index in [0.717, 1.165) is 19.5 Å². The number of hydrogen-bond donors (Lipinski definition) is 0. The predicted octanol–water partition coefficient (Wildman–Crippen LogP) is 2.35. The van der Waals surface area contributed by atoms with Gasteiger partial charge < -0.3 is 9.80 Å². The Labute approximate surface area is 86.5 Å². The van der Waals surface area contributed by atoms with Gasteiger partial charge in [-0.25, -0.2) is 0 Å². The molecular weight excluding hydrogens is 172 g/mol. The van der Waals surface area contributed by atoms with E-state index in [4.69, 9.17) is 0 Å². The molecule has 0 bridgehead atoms. The van der Waals surface area contributed by atoms with E-state index in [2.05, 4.69) is 41.9 Å². The molecule has 1 rings (SSSR count). The SMILES string of the molecule is C=CCC1N(CC=C)C=CN1CC=C. The fourth-order valence-electron chi connectivity index (χ4n) is 1.64. The predicted molar refractivity (Wildman–Crippen MR) is 61.5 cm³/mol. The minimum absolute atomic E-state index is 0.378. The molecule has 2 heteroatoms. The van der Waals surface area contributed by atoms with Crippen molar-refractivity contribution in [3.8, 4) is 0 Å². The molecule has 1 aliphatic rings. The van der Waals surface area contributed by atoms with Gasteiger partial charge in [-0.3, -0.25) is 0 Å². The van der Waals surface area contributed by atoms with E-state index in [0.29, 0.717) is 6.17 Å². The molecule has 0 aromatic heterocycles. The second-order valence-corrected chi connectivity index (χ2v) is 3.27. The Hall–Kier alpha value is -1.44. The highest BCUT2D eigenvalue weighted by molar-refractivity contribution is 5.02. The van der Waals surface area contributed by atoms with E-state index >= 15 is 0 Å². The fraction of sp³-hybridized carbons (Fsp3) is 0.333. The largest absolute Gasteiger partial charge is 0.352 e. The highest BCUT2D eigenvalue weighted by Crippen LogP contribution is 2.18. The van der Waals surface area contributed by atoms with Gasteiger partial charge in [-0.05, 0) is 0 Å². The maximum atomic E-state index is 3.78. The molecule has 76 valence electrons. The Kier molecular flexibility index (Phi) is 4.05. The van der Waals surface area contributed by atoms with Crippen LogP contribution in [-0.4, -0.2) is 29.1 Å². The Balaban J connectivity index is 2.62. The molecule has 0 aliphatic carbocycles. The van der Waals surface area contributed by atoms with Gasteiger partial charge >= 0.3 is 0 Å². The van der Waals surface area contributed by atoms with E-state index in [1.807, 2.05) is 18.2 Å². The molecule has 0 aromatic carbocycles. The van der Waals surface area contributed by atoms with Crippen molar-refractivity contribution in [3.63, 3.8) is 0 Å². The lowest BCUT2D eigenvalue weighted by molar-refractivity contribution is 0.178. The zero-order chi connectivity index (χ0) is 10.4. The average molecular weight is 190 g/mol. The van der Waals surface area contributed by atoms with Crippen LogP contribution in [0.3, 0.4) is 0 Å². The molecule has 0 saturated carbocycles. The lowest BCUT2D eigenvalue weighted by Gasteiger charge is -2.30. The molecule has 0 atom stereocenters. The van der Waals surface area contributed by atoms with Crippen LogP contribution in [0.4, 0.5) is 0 Å². The third-order valence-corrected chi connectivity index (χ3v) is 2.27. The van der Waals surface area contributed by atoms with Crippen LogP contribution in [0.1, 0.15) is 6.42 Å². The monoisotopic (exact) mass is 190 g/mol. The van der Waals surface area contributed by atoms with Crippen molar-refractivity contribution >= 4 is 0 Å². The third-order valence-electron chi connectivity index (χ3n) is 2.27. The van der Waals surface area contributed by atoms with Crippen LogP contribution in [0, 0.1) is 0 Å². The Morgan fingerprint density at radius 2 is 1.43 bits per heavy atom. The molecular formula is C12H18N2. The Morgan fingerprint density at radius 1 is 0.929 bits per heavy atom. The second kappa shape index (κ2) is 5.32. The first kappa shape index (κ1) is 10.6. The topological polar surface area (TPSA) is 6.48 Å². The van der Waals surface area contributed by atoms with Gasteiger partial charge in [-0.1, -0.05) is 18.2 Å². The van der Waals surface area contributed by atoms with Crippen molar-refractivity contribution < 1.29 is 0 Å². The second-order valence-electron chi connectivity index (χ2n) is 3.27. The maximum Gasteiger partial charge on any atom is 0.105 e. The Morgan fingerprint density at radius 3 is 1.79 bits per heavy atom. The minimum Gasteiger partial charge on any atom is -0.352 e. The summed E-state index contributed by atoms with van der Waals surface area (Å²) < 4.78 is 0. The van der Waals surface area contributed by atoms with Crippen LogP contribution in [0.25, 0.3) is 0 Å². The molecule has 1 aliphatic heterocycles. The Bertz CT molecular complexity index is 223. The van der Waals surface area contributed by atoms with Crippen molar-refractivity contribution in [2.24, 2.45) is 0 Å². The van der Waals surface area contributed by atoms with Crippen LogP contribution in [-0.2, 0) is 0 Å². The van der Waals surface area contributed by atoms with E-state index < -0.39 is 0 Å². The van der Waals surface area contributed by atoms with Gasteiger partial charge in [-0.15, -0.1) is 19.7 Å². The third kappa shape index (κ3) is 2.28. The molecule has 0 spiro atoms. The summed E-state index contributed by atoms with van der Waals surface area (Å²) in [6, 6.07) is 0. The van der Waals surface area contributed by atoms with Crippen molar-refractivity contribution in [3.05, 3.63) is 50.4 Å². The number of nitrogens with zero attached hydrogens (tertiary/aromatic N) is 2. The average Bonchev–Trinajstić information content (AvgIpc) is 2.52. The van der Waals surface area contributed by atoms with Gasteiger partial charge in [0.15, 0.2) is 0 Å². The molecule has 0 unspecified atom stereocenters. The van der Waals surface area contributed by atoms with Crippen LogP contribution in [0.5, 0.6) is 0 Å². The minimum atomic E-state index is 0.378. The fourth-order valence-corrected chi connectivity index (χ4v) is 1.64. The lowest BCUT2D eigenvalue weighted by Crippen LogP contribution is -2.38. The van der Waals surface area contributed by atoms with Crippen molar-refractivity contribution in [1.29, 1.82) is 0 Å². The first-order chi connectivity index (χ1) is 6.83. The van der Waals surface area contributed by atoms with Crippen LogP contribution in [0.15, 0.2) is 50.4 Å². The van der Waals surface area contributed by atoms with Crippen molar-refractivity contribution in [2.45, 2.75) is 12.6 Å². The summed E-state index contributed by atoms with van der Waals surface area (Å²) in [5.74, 6) is 0. The van der Waals surface area contributed by atoms with Gasteiger partial charge in [0.2, 0.25) is 0 Å². The first-order valence-electron chi connectivity index (χ1n) is 4.86. The standard InChI is InChI=1S/C12H18N2/c1-4-7-12-13(8-5-2)10-11-14(12)9-6-3/h4-6,10-12H,1-3,7-9H2. The highest BCUT2D eigenvalue weighted by Gasteiger charge is 2.22. The molecule has 0 N–H and O–H groups in total. The summed E-state index contributed by atoms with van der Waals surface area (Å²) in [6.07, 6.45) is 11.3. The van der Waals surface area contributed by atoms with Gasteiger partial charge in [0.25, 0.3) is 0 Å². The zero-order valence-electron chi connectivity index (χ0n) is 8.60. The quantitative estimate of drug-likeness (QED) is 0.593. The van der Waals surface area contributed by atoms with Crippen molar-refractivity contribution in [1.82, 2.24) is 9.80 Å². The summed E-state index contributed by atoms with van der Waals surface area (Å²) in [5, 5.41) is 0. The van der Waals surface area contributed by atoms with E-state index in [-0.39, 0.29) is 0 Å². The summed E-state index contributed by atoms with van der Waals surface area (Å²) in [6.45, 7) is 13.0. The van der Waals surface area contributed by atoms with Crippen LogP contribution in [0.2, 0.25) is 0 Å². The van der Waals surface area contributed by atoms with E-state index in [1.54, 1.807) is 0 Å². The molecule has 0 aromatic rings. The summed E-state index contributed by atoms with van der Waals surface area (Å²) in [7, 11) is 0. The number of rotatable bonds is 6. The molecule has 2 nitrogen and oxygen atoms in total. The molecule has 1 heterocycles. The van der Waals surface area contributed by atoms with Gasteiger partial charge in [-0.2, -0.15) is 0 Å². The van der Waals surface area contributed by atoms with Crippen molar-refractivity contribution in [2.75, 3.05) is 13.1 Å². The van der Waals surface area contributed by atoms with Gasteiger partial charge in [0.05, 0.1) is 0 Å². The summed E-state index contributed by atoms with van der Waals surface area (Å²) in [4.78, 5) is 4.50. The first-order valence-corrected chi connectivity index (χ1v) is 4.86. The summed E-state index contributed by atoms with van der Waals surface area (Å²) in [5.41, 5.74) is 0. The van der Waals surface area contributed by atoms with Crippen LogP contribution >= 0.6 is 0 Å². The zero-order valence-corrected chi connectivity index (χ0v) is 8.60. The summed E-state index contributed by atoms with van der Waals surface area (Å²) >= 11 is 0. The molecule has 0 amide bonds. The van der Waals surface area contributed by atoms with Gasteiger partial charge in [0, 0.05) is 31.9 Å². The van der Waals surface area contributed by atoms with Crippen LogP contribution < -0.4 is 0 Å². The lowest BCUT2D eigenvalue weighted by atomic mass is 10.3. The van der Waals surface area contributed by atoms with Gasteiger partial charge in [0.1, 0.15) is 6.17 Å². The highest BCUT2D eigenvalue weighted by atomic mass is 15.4. The normalized spacial score (nSPS) is 16.0. The molecule has 0 saturated heterocycles. The maximum absolute atomic E-state index is 3.78. The molecule has 14 heavy (non-hydrogen) atoms. The molecule has 0 fully saturated rings. The number of hydrogen-bond acceptors (Lipinski definition) is 2. The van der Waals surface area contributed by atoms with E-state index in [9.17, 15) is 0 Å². The molecule has 0 radical (unpaired) electrons. The smallest absolute Gasteiger partial charge is 0.105 e. The van der Waals surface area contributed by atoms with E-state index in [1.165, 1.54) is 0 Å².